The minimum Gasteiger partial charge on any atom is -0.441 e. The molecule has 8 amide bonds. The van der Waals surface area contributed by atoms with Gasteiger partial charge in [0.15, 0.2) is 18.7 Å². The number of aliphatic hydroxyl groups is 8. The highest BCUT2D eigenvalue weighted by atomic mass is 32.2. The molecule has 27 N–H and O–H groups in total. The molecule has 0 aromatic carbocycles. The number of thioether (sulfide) groups is 1. The maximum atomic E-state index is 15.2. The van der Waals surface area contributed by atoms with Crippen molar-refractivity contribution in [2.45, 2.75) is 207 Å². The average Bonchev–Trinajstić information content (AvgIpc) is 1.19. The van der Waals surface area contributed by atoms with Gasteiger partial charge in [-0.2, -0.15) is 0 Å². The van der Waals surface area contributed by atoms with Crippen LogP contribution in [0.25, 0.3) is 0 Å². The normalized spacial score (nSPS) is 25.5. The first-order valence-electron chi connectivity index (χ1n) is 34.1. The van der Waals surface area contributed by atoms with Crippen molar-refractivity contribution < 1.29 is 103 Å². The molecule has 0 spiro atoms. The number of aliphatic hydroxyl groups excluding tert-OH is 8. The SMILES string of the molecule is Cc1c(N)nc([C@H](CC(N)=O)NC[C@H](N)C(N)=O)nc1C(=O)N[C@H](C(=O)N[C@H](C)[C@@H](O)[C@H](C)C(=O)N[C@H](C(=O)NCCC1=NC(c2nc(C(=O)NCCCNCCCNC3CCCCC3)cs2)CS1)[C@@H](C)O)[C@@H](O[C@@H]1O[C@@H](CO)[C@@H](O)[C@H](O)[C@@H]1O[C@H]1O[C@H](CO)[C@@H](O)[C@H](OC(N)=O)[C@@H]1O)c1cnc[nH]1. The second-order valence-corrected chi connectivity index (χ2v) is 27.8. The van der Waals surface area contributed by atoms with E-state index >= 15 is 4.79 Å². The van der Waals surface area contributed by atoms with E-state index in [0.717, 1.165) is 45.0 Å². The molecule has 580 valence electrons. The Balaban J connectivity index is 1.04. The number of aromatic amines is 1. The van der Waals surface area contributed by atoms with E-state index in [1.54, 1.807) is 5.38 Å². The van der Waals surface area contributed by atoms with Gasteiger partial charge in [0.05, 0.1) is 72.7 Å². The molecular weight excluding hydrogens is 1410 g/mol. The predicted octanol–water partition coefficient (Wildman–Crippen LogP) is -6.77. The third-order valence-electron chi connectivity index (χ3n) is 17.9. The largest absolute Gasteiger partial charge is 0.441 e. The summed E-state index contributed by atoms with van der Waals surface area (Å²) in [5.41, 5.74) is 27.7. The van der Waals surface area contributed by atoms with Crippen molar-refractivity contribution in [3.8, 4) is 0 Å². The number of nitrogen functional groups attached to an aromatic ring is 1. The monoisotopic (exact) mass is 1510 g/mol. The Hall–Kier alpha value is -7.34. The molecule has 2 saturated heterocycles. The van der Waals surface area contributed by atoms with Crippen molar-refractivity contribution in [2.75, 3.05) is 64.0 Å². The van der Waals surface area contributed by atoms with Crippen LogP contribution in [0.2, 0.25) is 0 Å². The Morgan fingerprint density at radius 1 is 0.769 bits per heavy atom. The molecule has 7 rings (SSSR count). The van der Waals surface area contributed by atoms with Crippen LogP contribution in [0.3, 0.4) is 0 Å². The molecule has 3 aromatic rings. The van der Waals surface area contributed by atoms with Gasteiger partial charge in [-0.1, -0.05) is 26.2 Å². The van der Waals surface area contributed by atoms with Crippen molar-refractivity contribution >= 4 is 81.4 Å². The average molecular weight is 1510 g/mol. The lowest BCUT2D eigenvalue weighted by molar-refractivity contribution is -0.372. The minimum absolute atomic E-state index is 0.0237. The summed E-state index contributed by atoms with van der Waals surface area (Å²) >= 11 is 2.76. The first kappa shape index (κ1) is 83.9. The topological polar surface area (TPSA) is 651 Å². The number of ether oxygens (including phenoxy) is 5. The Kier molecular flexibility index (Phi) is 32.6. The number of aliphatic imine (C=N–C) groups is 1. The first-order chi connectivity index (χ1) is 49.5. The molecule has 1 saturated carbocycles. The number of nitrogens with two attached hydrogens (primary N) is 5. The number of nitrogens with one attached hydrogen (secondary N) is 9. The van der Waals surface area contributed by atoms with Gasteiger partial charge in [0.2, 0.25) is 29.5 Å². The van der Waals surface area contributed by atoms with E-state index in [2.05, 4.69) is 67.5 Å². The van der Waals surface area contributed by atoms with Gasteiger partial charge < -0.3 is 141 Å². The van der Waals surface area contributed by atoms with Crippen LogP contribution in [0, 0.1) is 12.8 Å². The quantitative estimate of drug-likeness (QED) is 0.0235. The third kappa shape index (κ3) is 23.3. The summed E-state index contributed by atoms with van der Waals surface area (Å²) in [5.74, 6) is -8.09. The molecule has 3 aromatic heterocycles. The van der Waals surface area contributed by atoms with Gasteiger partial charge in [-0.15, -0.1) is 23.1 Å². The fraction of sp³-hybridized carbons (Fsp3) is 0.694. The summed E-state index contributed by atoms with van der Waals surface area (Å²) in [7, 11) is 0. The van der Waals surface area contributed by atoms with Crippen molar-refractivity contribution in [3.63, 3.8) is 0 Å². The number of carbonyl (C=O) groups is 8. The molecule has 42 heteroatoms. The molecule has 3 fully saturated rings. The maximum absolute atomic E-state index is 15.2. The van der Waals surface area contributed by atoms with E-state index in [0.29, 0.717) is 28.4 Å². The second kappa shape index (κ2) is 40.4. The molecule has 104 heavy (non-hydrogen) atoms. The molecule has 20 atom stereocenters. The van der Waals surface area contributed by atoms with E-state index < -0.39 is 183 Å². The number of nitrogens with zero attached hydrogens (tertiary/aromatic N) is 5. The molecule has 0 radical (unpaired) electrons. The molecule has 40 nitrogen and oxygen atoms in total. The Labute approximate surface area is 606 Å². The molecule has 1 unspecified atom stereocenters. The molecule has 3 aliphatic heterocycles. The molecule has 0 bridgehead atoms. The van der Waals surface area contributed by atoms with Gasteiger partial charge in [-0.05, 0) is 66.1 Å². The van der Waals surface area contributed by atoms with Crippen molar-refractivity contribution in [1.82, 2.24) is 67.5 Å². The number of amides is 8. The van der Waals surface area contributed by atoms with E-state index in [4.69, 9.17) is 57.3 Å². The van der Waals surface area contributed by atoms with Crippen LogP contribution in [0.15, 0.2) is 22.9 Å². The van der Waals surface area contributed by atoms with E-state index in [-0.39, 0.29) is 60.1 Å². The van der Waals surface area contributed by atoms with Crippen molar-refractivity contribution in [2.24, 2.45) is 33.8 Å². The van der Waals surface area contributed by atoms with Crippen molar-refractivity contribution in [1.29, 1.82) is 0 Å². The van der Waals surface area contributed by atoms with E-state index in [1.165, 1.54) is 82.9 Å². The molecule has 1 aliphatic carbocycles. The fourth-order valence-corrected chi connectivity index (χ4v) is 13.8. The number of carbonyl (C=O) groups excluding carboxylic acids is 8. The predicted molar refractivity (Wildman–Crippen MR) is 369 cm³/mol. The van der Waals surface area contributed by atoms with Crippen LogP contribution >= 0.6 is 23.1 Å². The molecular formula is C62H99N19O21S2. The molecule has 4 aliphatic rings. The van der Waals surface area contributed by atoms with E-state index in [1.807, 2.05) is 0 Å². The summed E-state index contributed by atoms with van der Waals surface area (Å²) in [6.07, 6.45) is -16.8. The second-order valence-electron chi connectivity index (χ2n) is 25.8. The lowest BCUT2D eigenvalue weighted by Crippen LogP contribution is -2.65. The zero-order valence-corrected chi connectivity index (χ0v) is 59.5. The lowest BCUT2D eigenvalue weighted by Gasteiger charge is -2.47. The summed E-state index contributed by atoms with van der Waals surface area (Å²) in [4.78, 5) is 132. The summed E-state index contributed by atoms with van der Waals surface area (Å²) in [5, 5.41) is 114. The Morgan fingerprint density at radius 3 is 2.12 bits per heavy atom. The Morgan fingerprint density at radius 2 is 1.46 bits per heavy atom. The number of hydrogen-bond acceptors (Lipinski definition) is 33. The number of thiazole rings is 1. The Bertz CT molecular complexity index is 3360. The van der Waals surface area contributed by atoms with Gasteiger partial charge in [0.1, 0.15) is 95.0 Å². The summed E-state index contributed by atoms with van der Waals surface area (Å²) in [6, 6.07) is -7.54. The van der Waals surface area contributed by atoms with Crippen LogP contribution in [0.4, 0.5) is 10.6 Å². The highest BCUT2D eigenvalue weighted by Gasteiger charge is 2.54. The maximum Gasteiger partial charge on any atom is 0.404 e. The summed E-state index contributed by atoms with van der Waals surface area (Å²) in [6.45, 7) is 5.84. The molecule has 6 heterocycles. The van der Waals surface area contributed by atoms with Crippen LogP contribution in [-0.2, 0) is 47.7 Å². The summed E-state index contributed by atoms with van der Waals surface area (Å²) < 4.78 is 28.8. The van der Waals surface area contributed by atoms with Crippen LogP contribution < -0.4 is 71.2 Å². The first-order valence-corrected chi connectivity index (χ1v) is 36.0. The number of aromatic nitrogens is 5. The fourth-order valence-electron chi connectivity index (χ4n) is 11.8. The van der Waals surface area contributed by atoms with Gasteiger partial charge in [0, 0.05) is 55.2 Å². The van der Waals surface area contributed by atoms with Crippen molar-refractivity contribution in [3.05, 3.63) is 51.4 Å². The number of imidazole rings is 1. The van der Waals surface area contributed by atoms with Crippen LogP contribution in [0.5, 0.6) is 0 Å². The van der Waals surface area contributed by atoms with Gasteiger partial charge in [-0.25, -0.2) is 24.7 Å². The number of primary amides is 3. The van der Waals surface area contributed by atoms with Gasteiger partial charge in [-0.3, -0.25) is 38.6 Å². The number of hydrogen-bond donors (Lipinski definition) is 22. The van der Waals surface area contributed by atoms with Crippen LogP contribution in [-0.4, -0.2) is 280 Å². The highest BCUT2D eigenvalue weighted by molar-refractivity contribution is 8.14. The zero-order chi connectivity index (χ0) is 76.1. The van der Waals surface area contributed by atoms with Gasteiger partial charge >= 0.3 is 6.09 Å². The smallest absolute Gasteiger partial charge is 0.404 e. The van der Waals surface area contributed by atoms with E-state index in [9.17, 15) is 74.4 Å². The number of anilines is 1. The zero-order valence-electron chi connectivity index (χ0n) is 57.9. The van der Waals surface area contributed by atoms with Crippen LogP contribution in [0.1, 0.15) is 140 Å². The number of H-pyrrole nitrogens is 1. The number of rotatable bonds is 40. The third-order valence-corrected chi connectivity index (χ3v) is 20.0. The standard InChI is InChI=1S/C62H99N19O21S2/c1-26-40(78-53(81-51(26)65)32(18-38(64)85)73-19-31(63)52(66)91)57(95)80-42(48(33-20-69-25-74-33)100-61-50(46(89)44(87)36(21-82)99-61)101-60-47(90)49(102-62(67)97)45(88)37(22-83)98-60)58(96)75-28(3)43(86)27(2)54(92)79-41(29(4)84)56(94)72-17-12-39-76-35(24-103-39)59-77-34(23-104-59)55(93)71-16-9-14-68-13-8-15-70-30-10-6-5-7-11-30/h20,23,25,27-32,35-37,41-50,60-61,68,70,73,82-84,86-90H,5-19,21-22,24,63H2,1-4H3,(H2,64,85)(H2,66,91)(H2,67,97)(H,69,74)(H,71,93)(H,72,94)(H,75,96)(H,79,92)(H,80,95)(H2,65,78,81)/t27-,28+,29+,31-,32-,35?,36-,37+,41-,42-,43-,44+,45+,46-,47-,48-,49-,50-,60+,61-/m0/s1. The lowest BCUT2D eigenvalue weighted by atomic mass is 9.95. The highest BCUT2D eigenvalue weighted by Crippen LogP contribution is 2.36. The minimum atomic E-state index is -2.20. The van der Waals surface area contributed by atoms with Gasteiger partial charge in [0.25, 0.3) is 11.8 Å².